The maximum atomic E-state index is 12.5. The number of ether oxygens (including phenoxy) is 1. The lowest BCUT2D eigenvalue weighted by Gasteiger charge is -2.22. The van der Waals surface area contributed by atoms with E-state index in [4.69, 9.17) is 4.74 Å². The zero-order valence-corrected chi connectivity index (χ0v) is 53.9. The summed E-state index contributed by atoms with van der Waals surface area (Å²) >= 11 is 0. The summed E-state index contributed by atoms with van der Waals surface area (Å²) in [7, 11) is 0. The monoisotopic (exact) mass is 1110 g/mol. The van der Waals surface area contributed by atoms with Gasteiger partial charge in [0, 0.05) is 12.8 Å². The Balaban J connectivity index is 3.29. The summed E-state index contributed by atoms with van der Waals surface area (Å²) in [5.41, 5.74) is 0. The molecule has 0 fully saturated rings. The van der Waals surface area contributed by atoms with Crippen molar-refractivity contribution in [1.29, 1.82) is 0 Å². The van der Waals surface area contributed by atoms with Crippen molar-refractivity contribution in [3.8, 4) is 0 Å². The van der Waals surface area contributed by atoms with Crippen LogP contribution < -0.4 is 5.32 Å². The molecule has 0 heterocycles. The number of carbonyl (C=O) groups excluding carboxylic acids is 2. The lowest BCUT2D eigenvalue weighted by Crippen LogP contribution is -2.45. The molecule has 0 aliphatic heterocycles. The van der Waals surface area contributed by atoms with Crippen LogP contribution in [0.3, 0.4) is 0 Å². The third-order valence-corrected chi connectivity index (χ3v) is 17.3. The van der Waals surface area contributed by atoms with Crippen LogP contribution in [0.5, 0.6) is 0 Å². The molecule has 2 atom stereocenters. The van der Waals surface area contributed by atoms with Gasteiger partial charge in [-0.25, -0.2) is 0 Å². The average Bonchev–Trinajstić information content (AvgIpc) is 3.45. The van der Waals surface area contributed by atoms with Gasteiger partial charge in [-0.05, 0) is 51.4 Å². The number of esters is 1. The first-order chi connectivity index (χ1) is 39.0. The first-order valence-corrected chi connectivity index (χ1v) is 36.4. The molecule has 6 heteroatoms. The number of rotatable bonds is 69. The van der Waals surface area contributed by atoms with Crippen molar-refractivity contribution in [2.24, 2.45) is 0 Å². The van der Waals surface area contributed by atoms with Crippen LogP contribution >= 0.6 is 0 Å². The molecule has 470 valence electrons. The third kappa shape index (κ3) is 65.6. The minimum atomic E-state index is -0.659. The molecule has 0 bridgehead atoms. The molecule has 0 saturated carbocycles. The normalized spacial score (nSPS) is 12.5. The van der Waals surface area contributed by atoms with Gasteiger partial charge in [0.2, 0.25) is 5.91 Å². The topological polar surface area (TPSA) is 95.9 Å². The Bertz CT molecular complexity index is 1190. The van der Waals surface area contributed by atoms with Crippen molar-refractivity contribution < 1.29 is 24.5 Å². The number of hydrogen-bond donors (Lipinski definition) is 3. The van der Waals surface area contributed by atoms with E-state index in [0.717, 1.165) is 44.9 Å². The molecule has 0 spiro atoms. The molecule has 0 aromatic heterocycles. The van der Waals surface area contributed by atoms with Gasteiger partial charge in [0.1, 0.15) is 0 Å². The molecule has 0 aromatic carbocycles. The van der Waals surface area contributed by atoms with Gasteiger partial charge in [-0.1, -0.05) is 366 Å². The highest BCUT2D eigenvalue weighted by Crippen LogP contribution is 2.20. The number of amides is 1. The van der Waals surface area contributed by atoms with Crippen molar-refractivity contribution in [2.75, 3.05) is 13.2 Å². The third-order valence-electron chi connectivity index (χ3n) is 17.3. The second-order valence-corrected chi connectivity index (χ2v) is 25.3. The second-order valence-electron chi connectivity index (χ2n) is 25.3. The number of nitrogens with one attached hydrogen (secondary N) is 1. The van der Waals surface area contributed by atoms with E-state index in [1.54, 1.807) is 0 Å². The van der Waals surface area contributed by atoms with Crippen molar-refractivity contribution in [1.82, 2.24) is 5.32 Å². The molecule has 0 radical (unpaired) electrons. The van der Waals surface area contributed by atoms with E-state index in [9.17, 15) is 19.8 Å². The van der Waals surface area contributed by atoms with E-state index in [1.165, 1.54) is 340 Å². The van der Waals surface area contributed by atoms with E-state index in [2.05, 4.69) is 31.3 Å². The maximum absolute atomic E-state index is 12.5. The van der Waals surface area contributed by atoms with Crippen LogP contribution in [-0.2, 0) is 14.3 Å². The molecule has 79 heavy (non-hydrogen) atoms. The smallest absolute Gasteiger partial charge is 0.305 e. The Morgan fingerprint density at radius 3 is 0.911 bits per heavy atom. The quantitative estimate of drug-likeness (QED) is 0.0320. The van der Waals surface area contributed by atoms with E-state index < -0.39 is 12.1 Å². The van der Waals surface area contributed by atoms with Crippen LogP contribution in [0.15, 0.2) is 12.2 Å². The van der Waals surface area contributed by atoms with Gasteiger partial charge in [-0.3, -0.25) is 9.59 Å². The first-order valence-electron chi connectivity index (χ1n) is 36.4. The summed E-state index contributed by atoms with van der Waals surface area (Å²) < 4.78 is 5.49. The summed E-state index contributed by atoms with van der Waals surface area (Å²) in [5, 5.41) is 23.3. The molecule has 3 N–H and O–H groups in total. The lowest BCUT2D eigenvalue weighted by atomic mass is 10.0. The van der Waals surface area contributed by atoms with E-state index in [-0.39, 0.29) is 18.5 Å². The van der Waals surface area contributed by atoms with Gasteiger partial charge in [0.05, 0.1) is 25.4 Å². The highest BCUT2D eigenvalue weighted by atomic mass is 16.5. The Labute approximate surface area is 495 Å². The number of aliphatic hydroxyl groups excluding tert-OH is 2. The summed E-state index contributed by atoms with van der Waals surface area (Å²) in [6, 6.07) is -0.536. The predicted octanol–water partition coefficient (Wildman–Crippen LogP) is 23.5. The average molecular weight is 1110 g/mol. The fourth-order valence-electron chi connectivity index (χ4n) is 11.8. The van der Waals surface area contributed by atoms with E-state index in [1.807, 2.05) is 0 Å². The van der Waals surface area contributed by atoms with Crippen molar-refractivity contribution in [3.63, 3.8) is 0 Å². The molecule has 0 saturated heterocycles. The molecule has 0 aromatic rings. The molecular formula is C73H143NO5. The summed E-state index contributed by atoms with van der Waals surface area (Å²) in [6.45, 7) is 4.97. The van der Waals surface area contributed by atoms with Gasteiger partial charge in [0.15, 0.2) is 0 Å². The Morgan fingerprint density at radius 1 is 0.342 bits per heavy atom. The fraction of sp³-hybridized carbons (Fsp3) is 0.945. The number of allylic oxidation sites excluding steroid dienone is 2. The Morgan fingerprint density at radius 2 is 0.595 bits per heavy atom. The lowest BCUT2D eigenvalue weighted by molar-refractivity contribution is -0.143. The SMILES string of the molecule is CCCCCC/C=C\CCCCCCCC(=O)OCCCCCCCCCCCCCCCCCCCCCCCCCCCCCCCCCCCCCC(=O)NC(CO)C(O)CCCCCCCCCCCCCCCC. The minimum Gasteiger partial charge on any atom is -0.466 e. The van der Waals surface area contributed by atoms with Crippen LogP contribution in [0.2, 0.25) is 0 Å². The largest absolute Gasteiger partial charge is 0.466 e. The molecule has 6 nitrogen and oxygen atoms in total. The van der Waals surface area contributed by atoms with Gasteiger partial charge >= 0.3 is 5.97 Å². The number of carbonyl (C=O) groups is 2. The molecular weight excluding hydrogens is 971 g/mol. The van der Waals surface area contributed by atoms with Crippen LogP contribution in [0.4, 0.5) is 0 Å². The number of aliphatic hydroxyl groups is 2. The minimum absolute atomic E-state index is 0.0141. The summed E-state index contributed by atoms with van der Waals surface area (Å²) in [6.07, 6.45) is 85.7. The summed E-state index contributed by atoms with van der Waals surface area (Å²) in [5.74, 6) is -0.0125. The maximum Gasteiger partial charge on any atom is 0.305 e. The Kier molecular flexibility index (Phi) is 67.9. The van der Waals surface area contributed by atoms with Gasteiger partial charge in [-0.2, -0.15) is 0 Å². The van der Waals surface area contributed by atoms with Crippen LogP contribution in [0, 0.1) is 0 Å². The van der Waals surface area contributed by atoms with E-state index >= 15 is 0 Å². The molecule has 1 amide bonds. The van der Waals surface area contributed by atoms with Gasteiger partial charge < -0.3 is 20.3 Å². The fourth-order valence-corrected chi connectivity index (χ4v) is 11.8. The molecule has 0 rings (SSSR count). The standard InChI is InChI=1S/C73H143NO5/c1-3-5-7-9-11-13-15-17-42-45-49-53-57-61-65-71(76)70(69-75)74-72(77)66-62-58-54-50-46-43-39-37-35-33-31-29-27-25-23-21-19-18-20-22-24-26-28-30-32-34-36-38-40-44-48-52-56-60-64-68-79-73(78)67-63-59-55-51-47-41-16-14-12-10-8-6-4-2/h14,16,70-71,75-76H,3-13,15,17-69H2,1-2H3,(H,74,77)/b16-14-. The molecule has 0 aliphatic rings. The molecule has 0 aliphatic carbocycles. The van der Waals surface area contributed by atoms with Crippen molar-refractivity contribution >= 4 is 11.9 Å². The van der Waals surface area contributed by atoms with Crippen molar-refractivity contribution in [3.05, 3.63) is 12.2 Å². The highest BCUT2D eigenvalue weighted by Gasteiger charge is 2.20. The zero-order valence-electron chi connectivity index (χ0n) is 53.9. The van der Waals surface area contributed by atoms with Crippen LogP contribution in [-0.4, -0.2) is 47.4 Å². The predicted molar refractivity (Wildman–Crippen MR) is 347 cm³/mol. The van der Waals surface area contributed by atoms with Crippen molar-refractivity contribution in [2.45, 2.75) is 431 Å². The first kappa shape index (κ1) is 77.6. The zero-order chi connectivity index (χ0) is 57.1. The number of unbranched alkanes of at least 4 members (excludes halogenated alkanes) is 56. The summed E-state index contributed by atoms with van der Waals surface area (Å²) in [4.78, 5) is 24.5. The van der Waals surface area contributed by atoms with Crippen LogP contribution in [0.25, 0.3) is 0 Å². The van der Waals surface area contributed by atoms with Gasteiger partial charge in [-0.15, -0.1) is 0 Å². The number of hydrogen-bond acceptors (Lipinski definition) is 5. The van der Waals surface area contributed by atoms with Gasteiger partial charge in [0.25, 0.3) is 0 Å². The molecule has 2 unspecified atom stereocenters. The van der Waals surface area contributed by atoms with Crippen LogP contribution in [0.1, 0.15) is 418 Å². The Hall–Kier alpha value is -1.40. The second kappa shape index (κ2) is 69.1. The van der Waals surface area contributed by atoms with E-state index in [0.29, 0.717) is 25.9 Å². The highest BCUT2D eigenvalue weighted by molar-refractivity contribution is 5.76.